The molecule has 0 aliphatic rings. The summed E-state index contributed by atoms with van der Waals surface area (Å²) in [6, 6.07) is 12.0. The van der Waals surface area contributed by atoms with Crippen LogP contribution in [0.2, 0.25) is 0 Å². The fraction of sp³-hybridized carbons (Fsp3) is 0.278. The summed E-state index contributed by atoms with van der Waals surface area (Å²) in [5, 5.41) is 0. The van der Waals surface area contributed by atoms with Gasteiger partial charge in [0.15, 0.2) is 0 Å². The summed E-state index contributed by atoms with van der Waals surface area (Å²) in [7, 11) is -3.92. The van der Waals surface area contributed by atoms with Crippen LogP contribution in [0.15, 0.2) is 51.8 Å². The van der Waals surface area contributed by atoms with Gasteiger partial charge in [0.05, 0.1) is 10.6 Å². The normalized spacial score (nSPS) is 11.3. The van der Waals surface area contributed by atoms with Gasteiger partial charge in [-0.05, 0) is 48.2 Å². The van der Waals surface area contributed by atoms with E-state index in [0.29, 0.717) is 18.5 Å². The Morgan fingerprint density at radius 3 is 2.00 bits per heavy atom. The van der Waals surface area contributed by atoms with E-state index in [0.717, 1.165) is 19.9 Å². The number of rotatable bonds is 7. The highest BCUT2D eigenvalue weighted by Crippen LogP contribution is 2.32. The third kappa shape index (κ3) is 4.22. The second kappa shape index (κ2) is 8.01. The van der Waals surface area contributed by atoms with Crippen molar-refractivity contribution in [2.24, 2.45) is 5.73 Å². The largest absolute Gasteiger partial charge is 0.368 e. The number of nitrogens with zero attached hydrogens (tertiary/aromatic N) is 1. The number of hydrogen-bond donors (Lipinski definition) is 1. The zero-order valence-corrected chi connectivity index (χ0v) is 16.6. The van der Waals surface area contributed by atoms with Gasteiger partial charge in [-0.3, -0.25) is 9.10 Å². The number of carbonyl (C=O) groups excluding carboxylic acids is 1. The number of primary amides is 1. The lowest BCUT2D eigenvalue weighted by atomic mass is 10.0. The SMILES string of the molecule is CCc1cccc(CC)c1N(CC(N)=O)S(=O)(=O)c1ccc(Br)cc1. The number of carbonyl (C=O) groups is 1. The molecule has 0 radical (unpaired) electrons. The molecule has 0 aliphatic heterocycles. The van der Waals surface area contributed by atoms with Crippen molar-refractivity contribution in [3.63, 3.8) is 0 Å². The summed E-state index contributed by atoms with van der Waals surface area (Å²) in [6.07, 6.45) is 1.29. The highest BCUT2D eigenvalue weighted by atomic mass is 79.9. The number of hydrogen-bond acceptors (Lipinski definition) is 3. The zero-order valence-electron chi connectivity index (χ0n) is 14.2. The van der Waals surface area contributed by atoms with E-state index in [-0.39, 0.29) is 4.90 Å². The third-order valence-electron chi connectivity index (χ3n) is 3.92. The van der Waals surface area contributed by atoms with Gasteiger partial charge in [-0.2, -0.15) is 0 Å². The van der Waals surface area contributed by atoms with Crippen LogP contribution < -0.4 is 10.0 Å². The molecular formula is C18H21BrN2O3S. The van der Waals surface area contributed by atoms with Crippen molar-refractivity contribution in [1.82, 2.24) is 0 Å². The molecule has 0 atom stereocenters. The average Bonchev–Trinajstić information content (AvgIpc) is 2.59. The van der Waals surface area contributed by atoms with E-state index in [9.17, 15) is 13.2 Å². The van der Waals surface area contributed by atoms with E-state index in [1.165, 1.54) is 12.1 Å². The molecule has 0 bridgehead atoms. The first-order valence-electron chi connectivity index (χ1n) is 7.98. The molecule has 5 nitrogen and oxygen atoms in total. The molecule has 0 aromatic heterocycles. The second-order valence-electron chi connectivity index (χ2n) is 5.56. The van der Waals surface area contributed by atoms with Crippen molar-refractivity contribution < 1.29 is 13.2 Å². The van der Waals surface area contributed by atoms with Crippen molar-refractivity contribution in [2.75, 3.05) is 10.8 Å². The van der Waals surface area contributed by atoms with Crippen molar-refractivity contribution in [1.29, 1.82) is 0 Å². The number of nitrogens with two attached hydrogens (primary N) is 1. The van der Waals surface area contributed by atoms with Gasteiger partial charge < -0.3 is 5.73 Å². The molecule has 134 valence electrons. The number of sulfonamides is 1. The Hall–Kier alpha value is -1.86. The first-order valence-corrected chi connectivity index (χ1v) is 10.2. The van der Waals surface area contributed by atoms with Gasteiger partial charge in [0.25, 0.3) is 10.0 Å². The lowest BCUT2D eigenvalue weighted by Gasteiger charge is -2.27. The summed E-state index contributed by atoms with van der Waals surface area (Å²) in [6.45, 7) is 3.50. The van der Waals surface area contributed by atoms with Crippen molar-refractivity contribution >= 4 is 37.5 Å². The van der Waals surface area contributed by atoms with E-state index in [2.05, 4.69) is 15.9 Å². The quantitative estimate of drug-likeness (QED) is 0.740. The Morgan fingerprint density at radius 1 is 1.04 bits per heavy atom. The summed E-state index contributed by atoms with van der Waals surface area (Å²) in [5.74, 6) is -0.700. The van der Waals surface area contributed by atoms with Crippen LogP contribution >= 0.6 is 15.9 Å². The predicted octanol–water partition coefficient (Wildman–Crippen LogP) is 3.25. The van der Waals surface area contributed by atoms with Gasteiger partial charge in [-0.25, -0.2) is 8.42 Å². The number of anilines is 1. The standard InChI is InChI=1S/C18H21BrN2O3S/c1-3-13-6-5-7-14(4-2)18(13)21(12-17(20)22)25(23,24)16-10-8-15(19)9-11-16/h5-11H,3-4,12H2,1-2H3,(H2,20,22). The molecule has 0 saturated carbocycles. The van der Waals surface area contributed by atoms with Crippen LogP contribution in [0.4, 0.5) is 5.69 Å². The van der Waals surface area contributed by atoms with Crippen molar-refractivity contribution in [3.8, 4) is 0 Å². The number of amides is 1. The van der Waals surface area contributed by atoms with Crippen LogP contribution in [0.5, 0.6) is 0 Å². The van der Waals surface area contributed by atoms with Crippen LogP contribution in [0.3, 0.4) is 0 Å². The molecule has 2 aromatic rings. The smallest absolute Gasteiger partial charge is 0.264 e. The minimum atomic E-state index is -3.92. The molecule has 7 heteroatoms. The Labute approximate surface area is 157 Å². The molecule has 2 aromatic carbocycles. The Bertz CT molecular complexity index is 842. The minimum Gasteiger partial charge on any atom is -0.368 e. The van der Waals surface area contributed by atoms with Gasteiger partial charge in [0.1, 0.15) is 6.54 Å². The number of aryl methyl sites for hydroxylation is 2. The monoisotopic (exact) mass is 424 g/mol. The average molecular weight is 425 g/mol. The molecule has 0 unspecified atom stereocenters. The molecule has 0 heterocycles. The van der Waals surface area contributed by atoms with Crippen LogP contribution in [-0.4, -0.2) is 20.9 Å². The maximum Gasteiger partial charge on any atom is 0.264 e. The van der Waals surface area contributed by atoms with Gasteiger partial charge in [0, 0.05) is 4.47 Å². The summed E-state index contributed by atoms with van der Waals surface area (Å²) < 4.78 is 28.3. The highest BCUT2D eigenvalue weighted by Gasteiger charge is 2.29. The Kier molecular flexibility index (Phi) is 6.24. The maximum atomic E-state index is 13.2. The molecule has 0 fully saturated rings. The molecule has 2 N–H and O–H groups in total. The lowest BCUT2D eigenvalue weighted by Crippen LogP contribution is -2.39. The van der Waals surface area contributed by atoms with E-state index >= 15 is 0 Å². The van der Waals surface area contributed by atoms with Crippen molar-refractivity contribution in [2.45, 2.75) is 31.6 Å². The first-order chi connectivity index (χ1) is 11.8. The summed E-state index contributed by atoms with van der Waals surface area (Å²) >= 11 is 3.30. The number of halogens is 1. The highest BCUT2D eigenvalue weighted by molar-refractivity contribution is 9.10. The molecule has 1 amide bonds. The molecule has 25 heavy (non-hydrogen) atoms. The van der Waals surface area contributed by atoms with Crippen LogP contribution in [0, 0.1) is 0 Å². The fourth-order valence-corrected chi connectivity index (χ4v) is 4.47. The number of benzene rings is 2. The molecule has 0 saturated heterocycles. The number of para-hydroxylation sites is 1. The lowest BCUT2D eigenvalue weighted by molar-refractivity contribution is -0.116. The van der Waals surface area contributed by atoms with Gasteiger partial charge in [-0.1, -0.05) is 48.0 Å². The van der Waals surface area contributed by atoms with Gasteiger partial charge in [0.2, 0.25) is 5.91 Å². The van der Waals surface area contributed by atoms with E-state index < -0.39 is 22.5 Å². The minimum absolute atomic E-state index is 0.116. The predicted molar refractivity (Wildman–Crippen MR) is 103 cm³/mol. The van der Waals surface area contributed by atoms with Crippen molar-refractivity contribution in [3.05, 3.63) is 58.1 Å². The van der Waals surface area contributed by atoms with E-state index in [1.54, 1.807) is 12.1 Å². The van der Waals surface area contributed by atoms with Crippen LogP contribution in [-0.2, 0) is 27.7 Å². The fourth-order valence-electron chi connectivity index (χ4n) is 2.70. The maximum absolute atomic E-state index is 13.2. The first kappa shape index (κ1) is 19.5. The molecular weight excluding hydrogens is 404 g/mol. The van der Waals surface area contributed by atoms with E-state index in [1.807, 2.05) is 32.0 Å². The zero-order chi connectivity index (χ0) is 18.6. The van der Waals surface area contributed by atoms with Gasteiger partial charge in [-0.15, -0.1) is 0 Å². The summed E-state index contributed by atoms with van der Waals surface area (Å²) in [5.41, 5.74) is 7.63. The van der Waals surface area contributed by atoms with E-state index in [4.69, 9.17) is 5.73 Å². The summed E-state index contributed by atoms with van der Waals surface area (Å²) in [4.78, 5) is 11.7. The Morgan fingerprint density at radius 2 is 1.56 bits per heavy atom. The Balaban J connectivity index is 2.69. The van der Waals surface area contributed by atoms with Crippen LogP contribution in [0.1, 0.15) is 25.0 Å². The molecule has 2 rings (SSSR count). The second-order valence-corrected chi connectivity index (χ2v) is 8.34. The van der Waals surface area contributed by atoms with Gasteiger partial charge >= 0.3 is 0 Å². The molecule has 0 spiro atoms. The topological polar surface area (TPSA) is 80.5 Å². The van der Waals surface area contributed by atoms with Crippen LogP contribution in [0.25, 0.3) is 0 Å². The third-order valence-corrected chi connectivity index (χ3v) is 6.20. The molecule has 0 aliphatic carbocycles.